The molecule has 0 radical (unpaired) electrons. The molecule has 0 unspecified atom stereocenters. The number of benzene rings is 1. The molecule has 0 bridgehead atoms. The summed E-state index contributed by atoms with van der Waals surface area (Å²) in [7, 11) is -2.01. The predicted octanol–water partition coefficient (Wildman–Crippen LogP) is 4.37. The molecule has 4 rings (SSSR count). The minimum atomic E-state index is -4.60. The van der Waals surface area contributed by atoms with Crippen LogP contribution in [-0.4, -0.2) is 33.7 Å². The Morgan fingerprint density at radius 3 is 2.52 bits per heavy atom. The predicted molar refractivity (Wildman–Crippen MR) is 105 cm³/mol. The molecule has 0 spiro atoms. The van der Waals surface area contributed by atoms with Gasteiger partial charge in [-0.05, 0) is 25.1 Å². The maximum Gasteiger partial charge on any atom is 0.433 e. The van der Waals surface area contributed by atoms with Gasteiger partial charge in [-0.25, -0.2) is 23.4 Å². The summed E-state index contributed by atoms with van der Waals surface area (Å²) in [6.45, 7) is 3.35. The van der Waals surface area contributed by atoms with Gasteiger partial charge in [0.2, 0.25) is 0 Å². The number of hydrogen-bond donors (Lipinski definition) is 0. The van der Waals surface area contributed by atoms with Crippen molar-refractivity contribution in [3.8, 4) is 11.4 Å². The Balaban J connectivity index is 2.04. The quantitative estimate of drug-likeness (QED) is 0.473. The Kier molecular flexibility index (Phi) is 4.43. The van der Waals surface area contributed by atoms with Crippen LogP contribution in [0.4, 0.5) is 13.2 Å². The minimum Gasteiger partial charge on any atom is -0.326 e. The maximum atomic E-state index is 13.0. The van der Waals surface area contributed by atoms with Crippen LogP contribution < -0.4 is 0 Å². The summed E-state index contributed by atoms with van der Waals surface area (Å²) >= 11 is 1.40. The van der Waals surface area contributed by atoms with Gasteiger partial charge in [0.15, 0.2) is 9.84 Å². The third-order valence-electron chi connectivity index (χ3n) is 4.61. The second-order valence-electron chi connectivity index (χ2n) is 6.50. The van der Waals surface area contributed by atoms with Crippen molar-refractivity contribution in [1.82, 2.24) is 19.5 Å². The summed E-state index contributed by atoms with van der Waals surface area (Å²) in [5.41, 5.74) is 0.293. The van der Waals surface area contributed by atoms with Crippen LogP contribution in [0, 0.1) is 6.92 Å². The summed E-state index contributed by atoms with van der Waals surface area (Å²) in [5.74, 6) is 0.124. The van der Waals surface area contributed by atoms with Crippen molar-refractivity contribution in [2.24, 2.45) is 7.05 Å². The molecule has 0 amide bonds. The topological polar surface area (TPSA) is 77.7 Å². The zero-order chi connectivity index (χ0) is 21.1. The van der Waals surface area contributed by atoms with E-state index in [0.717, 1.165) is 22.0 Å². The van der Waals surface area contributed by atoms with Gasteiger partial charge in [0.25, 0.3) is 0 Å². The minimum absolute atomic E-state index is 0.0558. The lowest BCUT2D eigenvalue weighted by Crippen LogP contribution is -2.07. The second kappa shape index (κ2) is 6.49. The molecule has 29 heavy (non-hydrogen) atoms. The van der Waals surface area contributed by atoms with Crippen LogP contribution in [0.15, 0.2) is 29.3 Å². The highest BCUT2D eigenvalue weighted by Gasteiger charge is 2.33. The van der Waals surface area contributed by atoms with Gasteiger partial charge < -0.3 is 4.57 Å². The summed E-state index contributed by atoms with van der Waals surface area (Å²) in [5, 5.41) is 0.779. The van der Waals surface area contributed by atoms with Gasteiger partial charge in [0.05, 0.1) is 43.1 Å². The van der Waals surface area contributed by atoms with E-state index in [0.29, 0.717) is 16.6 Å². The highest BCUT2D eigenvalue weighted by atomic mass is 32.2. The molecule has 152 valence electrons. The van der Waals surface area contributed by atoms with Crippen molar-refractivity contribution >= 4 is 42.4 Å². The lowest BCUT2D eigenvalue weighted by molar-refractivity contribution is -0.141. The van der Waals surface area contributed by atoms with E-state index in [1.54, 1.807) is 17.7 Å². The van der Waals surface area contributed by atoms with Crippen LogP contribution in [0.1, 0.15) is 17.6 Å². The summed E-state index contributed by atoms with van der Waals surface area (Å²) in [6, 6.07) is 4.05. The molecule has 0 fully saturated rings. The van der Waals surface area contributed by atoms with Gasteiger partial charge in [0, 0.05) is 12.6 Å². The number of halogens is 3. The van der Waals surface area contributed by atoms with Gasteiger partial charge in [-0.3, -0.25) is 0 Å². The molecule has 0 aliphatic rings. The normalized spacial score (nSPS) is 12.9. The molecule has 0 N–H and O–H groups in total. The van der Waals surface area contributed by atoms with Crippen molar-refractivity contribution in [3.05, 3.63) is 35.1 Å². The number of rotatable bonds is 3. The van der Waals surface area contributed by atoms with Gasteiger partial charge >= 0.3 is 6.18 Å². The summed E-state index contributed by atoms with van der Waals surface area (Å²) in [4.78, 5) is 12.2. The first-order chi connectivity index (χ1) is 13.5. The lowest BCUT2D eigenvalue weighted by Gasteiger charge is -2.10. The van der Waals surface area contributed by atoms with E-state index in [2.05, 4.69) is 15.0 Å². The van der Waals surface area contributed by atoms with Crippen LogP contribution in [-0.2, 0) is 23.1 Å². The Hall–Kier alpha value is -2.53. The number of sulfone groups is 1. The van der Waals surface area contributed by atoms with Crippen molar-refractivity contribution in [3.63, 3.8) is 0 Å². The number of hydrogen-bond acceptors (Lipinski definition) is 6. The molecule has 6 nitrogen and oxygen atoms in total. The van der Waals surface area contributed by atoms with E-state index in [4.69, 9.17) is 0 Å². The third kappa shape index (κ3) is 3.27. The lowest BCUT2D eigenvalue weighted by atomic mass is 10.2. The third-order valence-corrected chi connectivity index (χ3v) is 7.31. The number of nitrogens with zero attached hydrogens (tertiary/aromatic N) is 4. The average Bonchev–Trinajstić information content (AvgIpc) is 3.18. The van der Waals surface area contributed by atoms with Crippen LogP contribution in [0.25, 0.3) is 32.6 Å². The number of thiazole rings is 1. The zero-order valence-corrected chi connectivity index (χ0v) is 17.2. The first-order valence-corrected chi connectivity index (χ1v) is 11.0. The van der Waals surface area contributed by atoms with E-state index < -0.39 is 21.7 Å². The Labute approximate surface area is 168 Å². The monoisotopic (exact) mass is 440 g/mol. The molecule has 11 heteroatoms. The molecule has 0 saturated carbocycles. The Morgan fingerprint density at radius 2 is 1.86 bits per heavy atom. The number of fused-ring (bicyclic) bond motifs is 2. The van der Waals surface area contributed by atoms with Crippen LogP contribution in [0.3, 0.4) is 0 Å². The molecule has 3 heterocycles. The van der Waals surface area contributed by atoms with Crippen molar-refractivity contribution in [2.45, 2.75) is 24.9 Å². The molecule has 4 aromatic rings. The average molecular weight is 440 g/mol. The number of pyridine rings is 1. The number of imidazole rings is 1. The molecule has 0 aliphatic heterocycles. The fraction of sp³-hybridized carbons (Fsp3) is 0.278. The van der Waals surface area contributed by atoms with E-state index in [1.807, 2.05) is 6.92 Å². The highest BCUT2D eigenvalue weighted by molar-refractivity contribution is 7.91. The number of aromatic nitrogens is 4. The second-order valence-corrected chi connectivity index (χ2v) is 9.98. The van der Waals surface area contributed by atoms with Gasteiger partial charge in [-0.15, -0.1) is 11.3 Å². The highest BCUT2D eigenvalue weighted by Crippen LogP contribution is 2.36. The van der Waals surface area contributed by atoms with Crippen molar-refractivity contribution in [1.29, 1.82) is 0 Å². The van der Waals surface area contributed by atoms with Crippen LogP contribution in [0.5, 0.6) is 0 Å². The van der Waals surface area contributed by atoms with Gasteiger partial charge in [0.1, 0.15) is 11.5 Å². The number of aryl methyl sites for hydroxylation is 2. The standard InChI is InChI=1S/C18H15F3N4O2S2/c1-4-29(26,27)15-6-12-14(28-9(2)23-12)5-10(15)17-24-11-7-16(18(19,20)21)22-8-13(11)25(17)3/h5-8H,4H2,1-3H3. The fourth-order valence-corrected chi connectivity index (χ4v) is 5.08. The number of alkyl halides is 3. The SMILES string of the molecule is CCS(=O)(=O)c1cc2nc(C)sc2cc1-c1nc2cc(C(F)(F)F)ncc2n1C. The Morgan fingerprint density at radius 1 is 1.14 bits per heavy atom. The van der Waals surface area contributed by atoms with Gasteiger partial charge in [-0.1, -0.05) is 6.92 Å². The molecule has 1 aromatic carbocycles. The van der Waals surface area contributed by atoms with Crippen molar-refractivity contribution < 1.29 is 21.6 Å². The zero-order valence-electron chi connectivity index (χ0n) is 15.6. The molecule has 0 saturated heterocycles. The summed E-state index contributed by atoms with van der Waals surface area (Å²) < 4.78 is 66.8. The molecule has 0 atom stereocenters. The first kappa shape index (κ1) is 19.8. The van der Waals surface area contributed by atoms with E-state index in [1.165, 1.54) is 24.3 Å². The molecular weight excluding hydrogens is 425 g/mol. The first-order valence-electron chi connectivity index (χ1n) is 8.55. The van der Waals surface area contributed by atoms with Crippen molar-refractivity contribution in [2.75, 3.05) is 5.75 Å². The molecular formula is C18H15F3N4O2S2. The van der Waals surface area contributed by atoms with Crippen LogP contribution >= 0.6 is 11.3 Å². The van der Waals surface area contributed by atoms with Crippen LogP contribution in [0.2, 0.25) is 0 Å². The van der Waals surface area contributed by atoms with E-state index >= 15 is 0 Å². The smallest absolute Gasteiger partial charge is 0.326 e. The molecule has 0 aliphatic carbocycles. The molecule has 3 aromatic heterocycles. The Bertz CT molecular complexity index is 1370. The van der Waals surface area contributed by atoms with Gasteiger partial charge in [-0.2, -0.15) is 13.2 Å². The maximum absolute atomic E-state index is 13.0. The van der Waals surface area contributed by atoms with E-state index in [-0.39, 0.29) is 22.0 Å². The fourth-order valence-electron chi connectivity index (χ4n) is 3.14. The summed E-state index contributed by atoms with van der Waals surface area (Å²) in [6.07, 6.45) is -3.50. The largest absolute Gasteiger partial charge is 0.433 e. The van der Waals surface area contributed by atoms with E-state index in [9.17, 15) is 21.6 Å².